The number of carbonyl (C=O) groups is 1. The molecule has 0 saturated carbocycles. The molecule has 0 aliphatic heterocycles. The first-order valence-corrected chi connectivity index (χ1v) is 4.97. The van der Waals surface area contributed by atoms with E-state index in [1.807, 2.05) is 30.3 Å². The Bertz CT molecular complexity index is 452. The summed E-state index contributed by atoms with van der Waals surface area (Å²) in [5.41, 5.74) is 0.777. The minimum Gasteiger partial charge on any atom is -0.324 e. The van der Waals surface area contributed by atoms with E-state index in [0.29, 0.717) is 0 Å². The molecule has 5 nitrogen and oxygen atoms in total. The second-order valence-corrected chi connectivity index (χ2v) is 3.41. The van der Waals surface area contributed by atoms with Gasteiger partial charge in [-0.2, -0.15) is 5.10 Å². The van der Waals surface area contributed by atoms with E-state index in [2.05, 4.69) is 15.4 Å². The molecule has 1 aromatic heterocycles. The lowest BCUT2D eigenvalue weighted by Crippen LogP contribution is -2.23. The highest BCUT2D eigenvalue weighted by atomic mass is 16.2. The zero-order valence-electron chi connectivity index (χ0n) is 8.87. The predicted octanol–water partition coefficient (Wildman–Crippen LogP) is 1.48. The number of benzene rings is 1. The van der Waals surface area contributed by atoms with Crippen LogP contribution in [-0.2, 0) is 4.79 Å². The van der Waals surface area contributed by atoms with Gasteiger partial charge in [0.15, 0.2) is 0 Å². The monoisotopic (exact) mass is 216 g/mol. The van der Waals surface area contributed by atoms with Gasteiger partial charge in [-0.25, -0.2) is 9.67 Å². The maximum absolute atomic E-state index is 11.8. The molecule has 0 aliphatic rings. The second-order valence-electron chi connectivity index (χ2n) is 3.41. The lowest BCUT2D eigenvalue weighted by Gasteiger charge is -2.11. The summed E-state index contributed by atoms with van der Waals surface area (Å²) in [4.78, 5) is 15.6. The number of amides is 1. The Morgan fingerprint density at radius 1 is 1.38 bits per heavy atom. The van der Waals surface area contributed by atoms with Gasteiger partial charge >= 0.3 is 0 Å². The molecular weight excluding hydrogens is 204 g/mol. The zero-order valence-corrected chi connectivity index (χ0v) is 8.87. The van der Waals surface area contributed by atoms with E-state index in [1.54, 1.807) is 6.92 Å². The van der Waals surface area contributed by atoms with E-state index in [-0.39, 0.29) is 11.9 Å². The first kappa shape index (κ1) is 10.4. The number of carbonyl (C=O) groups excluding carboxylic acids is 1. The standard InChI is InChI=1S/C11H12N4O/c1-9(15-8-12-7-13-15)11(16)14-10-5-3-2-4-6-10/h2-9H,1H3,(H,14,16). The Labute approximate surface area is 93.1 Å². The maximum Gasteiger partial charge on any atom is 0.249 e. The molecule has 0 radical (unpaired) electrons. The molecule has 0 spiro atoms. The predicted molar refractivity (Wildman–Crippen MR) is 59.8 cm³/mol. The molecule has 0 fully saturated rings. The first-order chi connectivity index (χ1) is 7.77. The van der Waals surface area contributed by atoms with Gasteiger partial charge in [0.25, 0.3) is 0 Å². The van der Waals surface area contributed by atoms with Crippen LogP contribution >= 0.6 is 0 Å². The van der Waals surface area contributed by atoms with E-state index in [4.69, 9.17) is 0 Å². The molecule has 82 valence electrons. The van der Waals surface area contributed by atoms with E-state index in [9.17, 15) is 4.79 Å². The van der Waals surface area contributed by atoms with Gasteiger partial charge in [0.05, 0.1) is 0 Å². The summed E-state index contributed by atoms with van der Waals surface area (Å²) < 4.78 is 1.51. The molecule has 0 bridgehead atoms. The maximum atomic E-state index is 11.8. The summed E-state index contributed by atoms with van der Waals surface area (Å²) in [7, 11) is 0. The molecule has 1 N–H and O–H groups in total. The fourth-order valence-electron chi connectivity index (χ4n) is 1.31. The van der Waals surface area contributed by atoms with Crippen LogP contribution in [0.1, 0.15) is 13.0 Å². The number of hydrogen-bond donors (Lipinski definition) is 1. The summed E-state index contributed by atoms with van der Waals surface area (Å²) in [5, 5.41) is 6.73. The average molecular weight is 216 g/mol. The molecule has 1 unspecified atom stereocenters. The van der Waals surface area contributed by atoms with Crippen molar-refractivity contribution in [2.75, 3.05) is 5.32 Å². The third kappa shape index (κ3) is 2.25. The van der Waals surface area contributed by atoms with E-state index in [1.165, 1.54) is 17.3 Å². The Morgan fingerprint density at radius 3 is 2.75 bits per heavy atom. The fourth-order valence-corrected chi connectivity index (χ4v) is 1.31. The molecular formula is C11H12N4O. The van der Waals surface area contributed by atoms with E-state index < -0.39 is 0 Å². The summed E-state index contributed by atoms with van der Waals surface area (Å²) in [5.74, 6) is -0.114. The fraction of sp³-hybridized carbons (Fsp3) is 0.182. The number of para-hydroxylation sites is 1. The highest BCUT2D eigenvalue weighted by Gasteiger charge is 2.14. The smallest absolute Gasteiger partial charge is 0.249 e. The SMILES string of the molecule is CC(C(=O)Nc1ccccc1)n1cncn1. The Morgan fingerprint density at radius 2 is 2.12 bits per heavy atom. The van der Waals surface area contributed by atoms with Crippen LogP contribution in [-0.4, -0.2) is 20.7 Å². The highest BCUT2D eigenvalue weighted by molar-refractivity contribution is 5.93. The lowest BCUT2D eigenvalue weighted by atomic mass is 10.3. The van der Waals surface area contributed by atoms with Crippen LogP contribution in [0.15, 0.2) is 43.0 Å². The number of hydrogen-bond acceptors (Lipinski definition) is 3. The van der Waals surface area contributed by atoms with Crippen molar-refractivity contribution < 1.29 is 4.79 Å². The van der Waals surface area contributed by atoms with Gasteiger partial charge in [-0.3, -0.25) is 4.79 Å². The molecule has 0 saturated heterocycles. The van der Waals surface area contributed by atoms with Crippen LogP contribution in [0.3, 0.4) is 0 Å². The van der Waals surface area contributed by atoms with Crippen molar-refractivity contribution in [1.29, 1.82) is 0 Å². The van der Waals surface area contributed by atoms with Crippen molar-refractivity contribution >= 4 is 11.6 Å². The Kier molecular flexibility index (Phi) is 2.95. The van der Waals surface area contributed by atoms with Crippen molar-refractivity contribution in [2.45, 2.75) is 13.0 Å². The van der Waals surface area contributed by atoms with Crippen molar-refractivity contribution in [1.82, 2.24) is 14.8 Å². The highest BCUT2D eigenvalue weighted by Crippen LogP contribution is 2.09. The molecule has 16 heavy (non-hydrogen) atoms. The van der Waals surface area contributed by atoms with Crippen molar-refractivity contribution in [3.63, 3.8) is 0 Å². The van der Waals surface area contributed by atoms with Gasteiger partial charge in [0.2, 0.25) is 5.91 Å². The molecule has 1 heterocycles. The van der Waals surface area contributed by atoms with Gasteiger partial charge in [-0.1, -0.05) is 18.2 Å². The topological polar surface area (TPSA) is 59.8 Å². The summed E-state index contributed by atoms with van der Waals surface area (Å²) in [6.45, 7) is 1.77. The van der Waals surface area contributed by atoms with E-state index >= 15 is 0 Å². The van der Waals surface area contributed by atoms with Crippen molar-refractivity contribution in [2.24, 2.45) is 0 Å². The van der Waals surface area contributed by atoms with Crippen LogP contribution in [0.25, 0.3) is 0 Å². The van der Waals surface area contributed by atoms with Gasteiger partial charge in [0, 0.05) is 5.69 Å². The van der Waals surface area contributed by atoms with Crippen LogP contribution in [0, 0.1) is 0 Å². The molecule has 2 rings (SSSR count). The normalized spacial score (nSPS) is 12.1. The zero-order chi connectivity index (χ0) is 11.4. The van der Waals surface area contributed by atoms with Crippen LogP contribution in [0.2, 0.25) is 0 Å². The first-order valence-electron chi connectivity index (χ1n) is 4.97. The van der Waals surface area contributed by atoms with Gasteiger partial charge in [0.1, 0.15) is 18.7 Å². The number of anilines is 1. The molecule has 1 aromatic carbocycles. The summed E-state index contributed by atoms with van der Waals surface area (Å²) in [6.07, 6.45) is 2.93. The van der Waals surface area contributed by atoms with Crippen molar-refractivity contribution in [3.8, 4) is 0 Å². The summed E-state index contributed by atoms with van der Waals surface area (Å²) >= 11 is 0. The average Bonchev–Trinajstić information content (AvgIpc) is 2.83. The third-order valence-electron chi connectivity index (χ3n) is 2.25. The molecule has 1 atom stereocenters. The Hall–Kier alpha value is -2.17. The van der Waals surface area contributed by atoms with Gasteiger partial charge in [-0.05, 0) is 19.1 Å². The van der Waals surface area contributed by atoms with E-state index in [0.717, 1.165) is 5.69 Å². The second kappa shape index (κ2) is 4.57. The quantitative estimate of drug-likeness (QED) is 0.845. The molecule has 2 aromatic rings. The third-order valence-corrected chi connectivity index (χ3v) is 2.25. The van der Waals surface area contributed by atoms with Crippen LogP contribution < -0.4 is 5.32 Å². The van der Waals surface area contributed by atoms with Crippen molar-refractivity contribution in [3.05, 3.63) is 43.0 Å². The number of nitrogens with one attached hydrogen (secondary N) is 1. The minimum absolute atomic E-state index is 0.114. The largest absolute Gasteiger partial charge is 0.324 e. The number of nitrogens with zero attached hydrogens (tertiary/aromatic N) is 3. The lowest BCUT2D eigenvalue weighted by molar-refractivity contribution is -0.119. The molecule has 1 amide bonds. The molecule has 0 aliphatic carbocycles. The summed E-state index contributed by atoms with van der Waals surface area (Å²) in [6, 6.07) is 8.95. The van der Waals surface area contributed by atoms with Crippen LogP contribution in [0.5, 0.6) is 0 Å². The van der Waals surface area contributed by atoms with Gasteiger partial charge < -0.3 is 5.32 Å². The minimum atomic E-state index is -0.372. The number of rotatable bonds is 3. The van der Waals surface area contributed by atoms with Crippen LogP contribution in [0.4, 0.5) is 5.69 Å². The van der Waals surface area contributed by atoms with Gasteiger partial charge in [-0.15, -0.1) is 0 Å². The Balaban J connectivity index is 2.04. The number of aromatic nitrogens is 3. The molecule has 5 heteroatoms.